The Bertz CT molecular complexity index is 1190. The number of ether oxygens (including phenoxy) is 1. The number of esters is 1. The van der Waals surface area contributed by atoms with E-state index in [1.807, 2.05) is 22.6 Å². The highest BCUT2D eigenvalue weighted by molar-refractivity contribution is 14.1. The SMILES string of the molecule is COC(=O)c1ccc(S(=O)(=O)Cc2ccn(-c3ccc([N+](=O)[O-])cc3)n2)c(I)c1. The molecule has 0 aliphatic rings. The monoisotopic (exact) mass is 527 g/mol. The molecule has 150 valence electrons. The first kappa shape index (κ1) is 20.9. The van der Waals surface area contributed by atoms with E-state index in [4.69, 9.17) is 0 Å². The van der Waals surface area contributed by atoms with E-state index in [2.05, 4.69) is 9.84 Å². The summed E-state index contributed by atoms with van der Waals surface area (Å²) in [6, 6.07) is 11.5. The minimum absolute atomic E-state index is 0.0475. The van der Waals surface area contributed by atoms with Gasteiger partial charge in [0.15, 0.2) is 9.84 Å². The van der Waals surface area contributed by atoms with Crippen LogP contribution >= 0.6 is 22.6 Å². The number of nitrogens with zero attached hydrogens (tertiary/aromatic N) is 3. The Morgan fingerprint density at radius 1 is 1.21 bits per heavy atom. The summed E-state index contributed by atoms with van der Waals surface area (Å²) in [7, 11) is -2.45. The van der Waals surface area contributed by atoms with E-state index in [-0.39, 0.29) is 21.9 Å². The Morgan fingerprint density at radius 2 is 1.90 bits per heavy atom. The van der Waals surface area contributed by atoms with Gasteiger partial charge >= 0.3 is 5.97 Å². The number of methoxy groups -OCH3 is 1. The topological polar surface area (TPSA) is 121 Å². The number of nitro groups is 1. The van der Waals surface area contributed by atoms with Crippen LogP contribution in [0.1, 0.15) is 16.1 Å². The van der Waals surface area contributed by atoms with Gasteiger partial charge in [0.05, 0.1) is 39.6 Å². The average Bonchev–Trinajstić information content (AvgIpc) is 3.14. The third-order valence-corrected chi connectivity index (χ3v) is 6.96. The van der Waals surface area contributed by atoms with Crippen molar-refractivity contribution in [3.63, 3.8) is 0 Å². The van der Waals surface area contributed by atoms with Crippen LogP contribution in [-0.4, -0.2) is 36.2 Å². The van der Waals surface area contributed by atoms with Crippen LogP contribution in [0.25, 0.3) is 5.69 Å². The second-order valence-electron chi connectivity index (χ2n) is 5.92. The summed E-state index contributed by atoms with van der Waals surface area (Å²) in [6.45, 7) is 0. The Morgan fingerprint density at radius 3 is 2.48 bits per heavy atom. The smallest absolute Gasteiger partial charge is 0.337 e. The van der Waals surface area contributed by atoms with Crippen molar-refractivity contribution < 1.29 is 22.9 Å². The summed E-state index contributed by atoms with van der Waals surface area (Å²) >= 11 is 1.86. The van der Waals surface area contributed by atoms with Crippen LogP contribution in [0.2, 0.25) is 0 Å². The summed E-state index contributed by atoms with van der Waals surface area (Å²) in [5.74, 6) is -0.880. The Hall–Kier alpha value is -2.80. The van der Waals surface area contributed by atoms with Crippen molar-refractivity contribution in [3.8, 4) is 5.69 Å². The van der Waals surface area contributed by atoms with Gasteiger partial charge in [-0.05, 0) is 59.0 Å². The molecule has 0 N–H and O–H groups in total. The minimum atomic E-state index is -3.70. The van der Waals surface area contributed by atoms with Gasteiger partial charge < -0.3 is 4.74 Å². The average molecular weight is 527 g/mol. The molecule has 0 bridgehead atoms. The number of non-ortho nitro benzene ring substituents is 1. The van der Waals surface area contributed by atoms with Crippen LogP contribution < -0.4 is 0 Å². The first-order valence-electron chi connectivity index (χ1n) is 8.11. The highest BCUT2D eigenvalue weighted by atomic mass is 127. The second-order valence-corrected chi connectivity index (χ2v) is 9.04. The molecule has 11 heteroatoms. The lowest BCUT2D eigenvalue weighted by Gasteiger charge is -2.07. The highest BCUT2D eigenvalue weighted by Crippen LogP contribution is 2.24. The molecule has 0 fully saturated rings. The zero-order valence-corrected chi connectivity index (χ0v) is 18.0. The number of benzene rings is 2. The predicted molar refractivity (Wildman–Crippen MR) is 112 cm³/mol. The number of hydrogen-bond acceptors (Lipinski definition) is 7. The molecule has 9 nitrogen and oxygen atoms in total. The van der Waals surface area contributed by atoms with Gasteiger partial charge in [-0.1, -0.05) is 0 Å². The molecule has 1 heterocycles. The molecule has 0 atom stereocenters. The zero-order valence-electron chi connectivity index (χ0n) is 15.0. The number of aromatic nitrogens is 2. The number of carbonyl (C=O) groups is 1. The number of nitro benzene ring substituents is 1. The summed E-state index contributed by atoms with van der Waals surface area (Å²) in [5.41, 5.74) is 1.10. The predicted octanol–water partition coefficient (Wildman–Crippen LogP) is 3.15. The fourth-order valence-electron chi connectivity index (χ4n) is 2.58. The van der Waals surface area contributed by atoms with Gasteiger partial charge in [0.25, 0.3) is 5.69 Å². The van der Waals surface area contributed by atoms with Crippen LogP contribution in [0.3, 0.4) is 0 Å². The maximum atomic E-state index is 12.8. The van der Waals surface area contributed by atoms with Crippen molar-refractivity contribution in [1.29, 1.82) is 0 Å². The number of halogens is 1. The molecule has 29 heavy (non-hydrogen) atoms. The summed E-state index contributed by atoms with van der Waals surface area (Å²) in [4.78, 5) is 21.9. The van der Waals surface area contributed by atoms with Crippen LogP contribution in [0.15, 0.2) is 59.6 Å². The third kappa shape index (κ3) is 4.62. The lowest BCUT2D eigenvalue weighted by molar-refractivity contribution is -0.384. The molecule has 0 amide bonds. The van der Waals surface area contributed by atoms with E-state index in [0.29, 0.717) is 15.0 Å². The maximum absolute atomic E-state index is 12.8. The summed E-state index contributed by atoms with van der Waals surface area (Å²) in [5, 5.41) is 15.0. The van der Waals surface area contributed by atoms with Crippen LogP contribution in [0.4, 0.5) is 5.69 Å². The molecule has 0 unspecified atom stereocenters. The third-order valence-electron chi connectivity index (χ3n) is 4.00. The number of carbonyl (C=O) groups excluding carboxylic acids is 1. The Balaban J connectivity index is 1.83. The lowest BCUT2D eigenvalue weighted by atomic mass is 10.2. The van der Waals surface area contributed by atoms with Crippen molar-refractivity contribution in [2.24, 2.45) is 0 Å². The first-order valence-corrected chi connectivity index (χ1v) is 10.8. The lowest BCUT2D eigenvalue weighted by Crippen LogP contribution is -2.09. The molecule has 0 aliphatic carbocycles. The van der Waals surface area contributed by atoms with Crippen molar-refractivity contribution in [3.05, 3.63) is 79.7 Å². The largest absolute Gasteiger partial charge is 0.465 e. The van der Waals surface area contributed by atoms with E-state index in [1.165, 1.54) is 54.3 Å². The molecule has 1 aromatic heterocycles. The number of hydrogen-bond donors (Lipinski definition) is 0. The van der Waals surface area contributed by atoms with Gasteiger partial charge in [-0.15, -0.1) is 0 Å². The zero-order chi connectivity index (χ0) is 21.2. The molecule has 0 saturated heterocycles. The molecule has 3 aromatic rings. The quantitative estimate of drug-likeness (QED) is 0.209. The van der Waals surface area contributed by atoms with Crippen molar-refractivity contribution in [2.75, 3.05) is 7.11 Å². The Kier molecular flexibility index (Phi) is 5.98. The molecule has 0 spiro atoms. The van der Waals surface area contributed by atoms with Gasteiger partial charge in [-0.2, -0.15) is 5.10 Å². The van der Waals surface area contributed by atoms with Crippen molar-refractivity contribution in [2.45, 2.75) is 10.6 Å². The van der Waals surface area contributed by atoms with E-state index < -0.39 is 20.7 Å². The van der Waals surface area contributed by atoms with Gasteiger partial charge in [0, 0.05) is 21.9 Å². The van der Waals surface area contributed by atoms with E-state index >= 15 is 0 Å². The van der Waals surface area contributed by atoms with Gasteiger partial charge in [0.2, 0.25) is 0 Å². The van der Waals surface area contributed by atoms with E-state index in [1.54, 1.807) is 12.3 Å². The Labute approximate surface area is 179 Å². The first-order chi connectivity index (χ1) is 13.7. The van der Waals surface area contributed by atoms with Crippen molar-refractivity contribution in [1.82, 2.24) is 9.78 Å². The fraction of sp³-hybridized carbons (Fsp3) is 0.111. The number of sulfone groups is 1. The summed E-state index contributed by atoms with van der Waals surface area (Å²) in [6.07, 6.45) is 1.58. The summed E-state index contributed by atoms with van der Waals surface area (Å²) < 4.78 is 32.1. The molecular weight excluding hydrogens is 513 g/mol. The molecule has 0 saturated carbocycles. The van der Waals surface area contributed by atoms with Crippen LogP contribution in [-0.2, 0) is 20.3 Å². The van der Waals surface area contributed by atoms with Crippen molar-refractivity contribution >= 4 is 44.1 Å². The second kappa shape index (κ2) is 8.29. The number of rotatable bonds is 6. The minimum Gasteiger partial charge on any atom is -0.465 e. The molecule has 2 aromatic carbocycles. The van der Waals surface area contributed by atoms with Crippen LogP contribution in [0.5, 0.6) is 0 Å². The highest BCUT2D eigenvalue weighted by Gasteiger charge is 2.21. The van der Waals surface area contributed by atoms with Gasteiger partial charge in [0.1, 0.15) is 0 Å². The van der Waals surface area contributed by atoms with Crippen LogP contribution in [0, 0.1) is 13.7 Å². The molecule has 3 rings (SSSR count). The standard InChI is InChI=1S/C18H14IN3O6S/c1-28-18(23)12-2-7-17(16(19)10-12)29(26,27)11-13-8-9-21(20-13)14-3-5-15(6-4-14)22(24)25/h2-10H,11H2,1H3. The molecular formula is C18H14IN3O6S. The van der Waals surface area contributed by atoms with E-state index in [0.717, 1.165) is 0 Å². The fourth-order valence-corrected chi connectivity index (χ4v) is 5.43. The molecule has 0 aliphatic heterocycles. The molecule has 0 radical (unpaired) electrons. The van der Waals surface area contributed by atoms with Gasteiger partial charge in [-0.3, -0.25) is 10.1 Å². The van der Waals surface area contributed by atoms with E-state index in [9.17, 15) is 23.3 Å². The normalized spacial score (nSPS) is 11.2. The van der Waals surface area contributed by atoms with Gasteiger partial charge in [-0.25, -0.2) is 17.9 Å². The maximum Gasteiger partial charge on any atom is 0.337 e.